The topological polar surface area (TPSA) is 88.1 Å². The highest BCUT2D eigenvalue weighted by Crippen LogP contribution is 2.28. The summed E-state index contributed by atoms with van der Waals surface area (Å²) in [6.07, 6.45) is 0.874. The average Bonchev–Trinajstić information content (AvgIpc) is 3.00. The number of aliphatic carboxylic acids is 1. The highest BCUT2D eigenvalue weighted by atomic mass is 16.5. The van der Waals surface area contributed by atoms with Crippen molar-refractivity contribution < 1.29 is 24.2 Å². The number of nitrogens with one attached hydrogen (secondary N) is 1. The molecule has 0 aliphatic heterocycles. The van der Waals surface area contributed by atoms with Crippen LogP contribution in [-0.2, 0) is 22.5 Å². The number of urea groups is 1. The minimum Gasteiger partial charge on any atom is -0.494 e. The van der Waals surface area contributed by atoms with Gasteiger partial charge < -0.3 is 24.8 Å². The molecule has 0 heterocycles. The average molecular weight is 553 g/mol. The molecule has 4 rings (SSSR count). The third-order valence-corrected chi connectivity index (χ3v) is 6.97. The molecule has 7 heteroatoms. The molecule has 0 spiro atoms. The molecule has 0 saturated carbocycles. The van der Waals surface area contributed by atoms with Gasteiger partial charge in [-0.3, -0.25) is 0 Å². The van der Waals surface area contributed by atoms with Crippen LogP contribution in [0.2, 0.25) is 0 Å². The number of nitrogens with zero attached hydrogens (tertiary/aromatic N) is 1. The van der Waals surface area contributed by atoms with Crippen LogP contribution in [0, 0.1) is 0 Å². The van der Waals surface area contributed by atoms with Crippen LogP contribution in [0.15, 0.2) is 109 Å². The normalized spacial score (nSPS) is 12.2. The number of hydrogen-bond donors (Lipinski definition) is 2. The van der Waals surface area contributed by atoms with Crippen molar-refractivity contribution in [1.82, 2.24) is 4.90 Å². The first kappa shape index (κ1) is 29.4. The van der Waals surface area contributed by atoms with E-state index < -0.39 is 11.6 Å². The summed E-state index contributed by atoms with van der Waals surface area (Å²) in [5.74, 6) is -0.327. The first-order valence-electron chi connectivity index (χ1n) is 13.6. The molecular formula is C34H36N2O5. The van der Waals surface area contributed by atoms with Gasteiger partial charge in [-0.05, 0) is 48.2 Å². The van der Waals surface area contributed by atoms with Crippen LogP contribution >= 0.6 is 0 Å². The Kier molecular flexibility index (Phi) is 10.1. The number of methoxy groups -OCH3 is 1. The van der Waals surface area contributed by atoms with Gasteiger partial charge in [-0.25, -0.2) is 9.59 Å². The van der Waals surface area contributed by atoms with Crippen LogP contribution in [-0.4, -0.2) is 47.9 Å². The largest absolute Gasteiger partial charge is 0.494 e. The summed E-state index contributed by atoms with van der Waals surface area (Å²) < 4.78 is 11.1. The third kappa shape index (κ3) is 8.19. The minimum absolute atomic E-state index is 0.179. The third-order valence-electron chi connectivity index (χ3n) is 6.97. The molecule has 1 atom stereocenters. The van der Waals surface area contributed by atoms with Gasteiger partial charge >= 0.3 is 12.0 Å². The van der Waals surface area contributed by atoms with Crippen molar-refractivity contribution in [3.8, 4) is 16.9 Å². The summed E-state index contributed by atoms with van der Waals surface area (Å²) in [6, 6.07) is 34.8. The van der Waals surface area contributed by atoms with Gasteiger partial charge in [0, 0.05) is 32.2 Å². The molecule has 2 N–H and O–H groups in total. The molecule has 212 valence electrons. The number of carbonyl (C=O) groups excluding carboxylic acids is 1. The number of anilines is 1. The highest BCUT2D eigenvalue weighted by Gasteiger charge is 2.33. The van der Waals surface area contributed by atoms with Gasteiger partial charge in [0.2, 0.25) is 0 Å². The standard InChI is InChI=1S/C34H36N2O5/c1-34(40-2,32(37)38)24-26-18-20-29(21-19-26)41-23-11-22-36(25-27-12-5-3-6-13-27)33(39)35-31-17-10-9-16-30(31)28-14-7-4-8-15-28/h3-10,12-21H,11,22-25H2,1-2H3,(H,35,39)(H,37,38). The lowest BCUT2D eigenvalue weighted by Crippen LogP contribution is -2.39. The molecule has 4 aromatic rings. The molecule has 0 bridgehead atoms. The Morgan fingerprint density at radius 2 is 1.46 bits per heavy atom. The molecule has 0 aliphatic rings. The fourth-order valence-electron chi connectivity index (χ4n) is 4.49. The Morgan fingerprint density at radius 3 is 2.12 bits per heavy atom. The van der Waals surface area contributed by atoms with Crippen LogP contribution in [0.1, 0.15) is 24.5 Å². The van der Waals surface area contributed by atoms with Gasteiger partial charge in [0.25, 0.3) is 0 Å². The van der Waals surface area contributed by atoms with Crippen molar-refractivity contribution in [2.45, 2.75) is 31.9 Å². The second-order valence-corrected chi connectivity index (χ2v) is 10.0. The Morgan fingerprint density at radius 1 is 0.829 bits per heavy atom. The fourth-order valence-corrected chi connectivity index (χ4v) is 4.49. The summed E-state index contributed by atoms with van der Waals surface area (Å²) in [4.78, 5) is 26.8. The highest BCUT2D eigenvalue weighted by molar-refractivity contribution is 5.94. The molecule has 2 amide bonds. The lowest BCUT2D eigenvalue weighted by Gasteiger charge is -2.24. The molecule has 0 saturated heterocycles. The number of rotatable bonds is 13. The number of carboxylic acid groups (broad SMARTS) is 1. The molecular weight excluding hydrogens is 516 g/mol. The molecule has 0 aliphatic carbocycles. The smallest absolute Gasteiger partial charge is 0.336 e. The second-order valence-electron chi connectivity index (χ2n) is 10.0. The zero-order valence-electron chi connectivity index (χ0n) is 23.5. The second kappa shape index (κ2) is 14.1. The van der Waals surface area contributed by atoms with Gasteiger partial charge in [-0.2, -0.15) is 0 Å². The summed E-state index contributed by atoms with van der Waals surface area (Å²) in [5, 5.41) is 12.6. The molecule has 7 nitrogen and oxygen atoms in total. The minimum atomic E-state index is -1.28. The fraction of sp³-hybridized carbons (Fsp3) is 0.235. The van der Waals surface area contributed by atoms with E-state index >= 15 is 0 Å². The van der Waals surface area contributed by atoms with E-state index in [9.17, 15) is 14.7 Å². The molecule has 1 unspecified atom stereocenters. The lowest BCUT2D eigenvalue weighted by atomic mass is 9.96. The number of carbonyl (C=O) groups is 2. The summed E-state index contributed by atoms with van der Waals surface area (Å²) >= 11 is 0. The quantitative estimate of drug-likeness (QED) is 0.176. The summed E-state index contributed by atoms with van der Waals surface area (Å²) in [6.45, 7) is 2.94. The van der Waals surface area contributed by atoms with Crippen LogP contribution in [0.3, 0.4) is 0 Å². The van der Waals surface area contributed by atoms with E-state index in [2.05, 4.69) is 5.32 Å². The van der Waals surface area contributed by atoms with Gasteiger partial charge in [0.15, 0.2) is 5.60 Å². The van der Waals surface area contributed by atoms with E-state index in [4.69, 9.17) is 9.47 Å². The Hall–Kier alpha value is -4.62. The Bertz CT molecular complexity index is 1410. The van der Waals surface area contributed by atoms with Gasteiger partial charge in [-0.15, -0.1) is 0 Å². The summed E-state index contributed by atoms with van der Waals surface area (Å²) in [7, 11) is 1.40. The zero-order valence-corrected chi connectivity index (χ0v) is 23.5. The van der Waals surface area contributed by atoms with E-state index in [0.717, 1.165) is 27.9 Å². The number of para-hydroxylation sites is 1. The van der Waals surface area contributed by atoms with E-state index in [1.165, 1.54) is 7.11 Å². The van der Waals surface area contributed by atoms with E-state index in [0.29, 0.717) is 31.9 Å². The van der Waals surface area contributed by atoms with Crippen molar-refractivity contribution in [2.75, 3.05) is 25.6 Å². The molecule has 41 heavy (non-hydrogen) atoms. The Balaban J connectivity index is 1.38. The van der Waals surface area contributed by atoms with Gasteiger partial charge in [0.05, 0.1) is 12.3 Å². The lowest BCUT2D eigenvalue weighted by molar-refractivity contribution is -0.159. The van der Waals surface area contributed by atoms with E-state index in [-0.39, 0.29) is 12.5 Å². The molecule has 0 aromatic heterocycles. The van der Waals surface area contributed by atoms with Crippen LogP contribution < -0.4 is 10.1 Å². The predicted molar refractivity (Wildman–Crippen MR) is 161 cm³/mol. The first-order valence-corrected chi connectivity index (χ1v) is 13.6. The molecule has 0 radical (unpaired) electrons. The van der Waals surface area contributed by atoms with Crippen molar-refractivity contribution in [3.05, 3.63) is 120 Å². The van der Waals surface area contributed by atoms with E-state index in [1.807, 2.05) is 109 Å². The van der Waals surface area contributed by atoms with Gasteiger partial charge in [0.1, 0.15) is 5.75 Å². The maximum Gasteiger partial charge on any atom is 0.336 e. The predicted octanol–water partition coefficient (Wildman–Crippen LogP) is 6.89. The van der Waals surface area contributed by atoms with Crippen molar-refractivity contribution in [1.29, 1.82) is 0 Å². The number of ether oxygens (including phenoxy) is 2. The Labute approximate surface area is 241 Å². The maximum absolute atomic E-state index is 13.5. The zero-order chi connectivity index (χ0) is 29.1. The number of benzene rings is 4. The molecule has 0 fully saturated rings. The number of carboxylic acids is 1. The SMILES string of the molecule is COC(C)(Cc1ccc(OCCCN(Cc2ccccc2)C(=O)Nc2ccccc2-c2ccccc2)cc1)C(=O)O. The van der Waals surface area contributed by atoms with E-state index in [1.54, 1.807) is 11.8 Å². The number of hydrogen-bond acceptors (Lipinski definition) is 4. The van der Waals surface area contributed by atoms with Crippen molar-refractivity contribution in [2.24, 2.45) is 0 Å². The van der Waals surface area contributed by atoms with Gasteiger partial charge in [-0.1, -0.05) is 91.0 Å². The maximum atomic E-state index is 13.5. The van der Waals surface area contributed by atoms with Crippen molar-refractivity contribution in [3.63, 3.8) is 0 Å². The van der Waals surface area contributed by atoms with Crippen LogP contribution in [0.5, 0.6) is 5.75 Å². The monoisotopic (exact) mass is 552 g/mol. The molecule has 4 aromatic carbocycles. The van der Waals surface area contributed by atoms with Crippen LogP contribution in [0.4, 0.5) is 10.5 Å². The van der Waals surface area contributed by atoms with Crippen LogP contribution in [0.25, 0.3) is 11.1 Å². The first-order chi connectivity index (χ1) is 19.9. The van der Waals surface area contributed by atoms with Crippen molar-refractivity contribution >= 4 is 17.7 Å². The number of amides is 2. The summed E-state index contributed by atoms with van der Waals surface area (Å²) in [5.41, 5.74) is 3.35.